The molecule has 0 aliphatic rings. The molecule has 0 saturated carbocycles. The van der Waals surface area contributed by atoms with Gasteiger partial charge in [-0.25, -0.2) is 0 Å². The first kappa shape index (κ1) is 20.5. The summed E-state index contributed by atoms with van der Waals surface area (Å²) in [5, 5.41) is 12.6. The number of rotatable bonds is 8. The molecule has 0 fully saturated rings. The molecule has 0 spiro atoms. The van der Waals surface area contributed by atoms with Crippen LogP contribution in [0.5, 0.6) is 0 Å². The average Bonchev–Trinajstić information content (AvgIpc) is 2.54. The molecule has 0 bridgehead atoms. The molecule has 2 N–H and O–H groups in total. The van der Waals surface area contributed by atoms with E-state index in [-0.39, 0.29) is 24.9 Å². The Morgan fingerprint density at radius 2 is 1.83 bits per heavy atom. The first-order valence-corrected chi connectivity index (χ1v) is 7.98. The topological polar surface area (TPSA) is 52.6 Å². The number of nitrogens with zero attached hydrogens (tertiary/aromatic N) is 1. The van der Waals surface area contributed by atoms with Crippen LogP contribution in [0, 0.1) is 0 Å². The third-order valence-electron chi connectivity index (χ3n) is 3.43. The van der Waals surface area contributed by atoms with E-state index in [4.69, 9.17) is 11.6 Å². The van der Waals surface area contributed by atoms with E-state index in [0.29, 0.717) is 36.8 Å². The summed E-state index contributed by atoms with van der Waals surface area (Å²) in [5.74, 6) is -0.0664. The highest BCUT2D eigenvalue weighted by atomic mass is 35.5. The van der Waals surface area contributed by atoms with Gasteiger partial charge < -0.3 is 10.4 Å². The van der Waals surface area contributed by atoms with Crippen molar-refractivity contribution in [2.24, 2.45) is 0 Å². The van der Waals surface area contributed by atoms with Gasteiger partial charge in [-0.3, -0.25) is 9.69 Å². The van der Waals surface area contributed by atoms with Crippen molar-refractivity contribution < 1.29 is 9.90 Å². The monoisotopic (exact) mass is 368 g/mol. The Labute approximate surface area is 153 Å². The van der Waals surface area contributed by atoms with Gasteiger partial charge in [0.25, 0.3) is 0 Å². The Hall–Kier alpha value is -1.59. The summed E-state index contributed by atoms with van der Waals surface area (Å²) >= 11 is 5.90. The molecule has 0 aliphatic carbocycles. The maximum absolute atomic E-state index is 12.0. The maximum Gasteiger partial charge on any atom is 0.225 e. The van der Waals surface area contributed by atoms with E-state index in [0.717, 1.165) is 5.56 Å². The molecule has 4 nitrogen and oxygen atoms in total. The molecule has 0 saturated heterocycles. The number of benzene rings is 2. The van der Waals surface area contributed by atoms with Crippen LogP contribution in [0.15, 0.2) is 54.6 Å². The molecule has 6 heteroatoms. The smallest absolute Gasteiger partial charge is 0.225 e. The SMILES string of the molecule is Cl.O=C(CCN(CCO)Cc1ccccc1)Nc1cccc(Cl)c1. The lowest BCUT2D eigenvalue weighted by molar-refractivity contribution is -0.116. The lowest BCUT2D eigenvalue weighted by atomic mass is 10.2. The van der Waals surface area contributed by atoms with Crippen molar-refractivity contribution in [1.29, 1.82) is 0 Å². The molecule has 130 valence electrons. The predicted molar refractivity (Wildman–Crippen MR) is 101 cm³/mol. The number of amides is 1. The second-order valence-corrected chi connectivity index (χ2v) is 5.73. The van der Waals surface area contributed by atoms with E-state index in [9.17, 15) is 9.90 Å². The zero-order valence-electron chi connectivity index (χ0n) is 13.3. The molecule has 1 amide bonds. The maximum atomic E-state index is 12.0. The van der Waals surface area contributed by atoms with Crippen LogP contribution in [0.1, 0.15) is 12.0 Å². The van der Waals surface area contributed by atoms with Gasteiger partial charge in [0.05, 0.1) is 6.61 Å². The number of hydrogen-bond donors (Lipinski definition) is 2. The zero-order chi connectivity index (χ0) is 16.5. The van der Waals surface area contributed by atoms with Gasteiger partial charge in [-0.1, -0.05) is 48.0 Å². The molecule has 2 aromatic rings. The quantitative estimate of drug-likeness (QED) is 0.748. The number of aliphatic hydroxyl groups excluding tert-OH is 1. The standard InChI is InChI=1S/C18H21ClN2O2.ClH/c19-16-7-4-8-17(13-16)20-18(23)9-10-21(11-12-22)14-15-5-2-1-3-6-15;/h1-8,13,22H,9-12,14H2,(H,20,23);1H. The number of carbonyl (C=O) groups is 1. The molecule has 0 aromatic heterocycles. The predicted octanol–water partition coefficient (Wildman–Crippen LogP) is 3.58. The molecule has 0 aliphatic heterocycles. The van der Waals surface area contributed by atoms with Crippen molar-refractivity contribution >= 4 is 35.6 Å². The minimum absolute atomic E-state index is 0. The van der Waals surface area contributed by atoms with Gasteiger partial charge in [0.2, 0.25) is 5.91 Å². The van der Waals surface area contributed by atoms with Crippen LogP contribution in [0.4, 0.5) is 5.69 Å². The highest BCUT2D eigenvalue weighted by Crippen LogP contribution is 2.15. The first-order chi connectivity index (χ1) is 11.2. The van der Waals surface area contributed by atoms with E-state index >= 15 is 0 Å². The van der Waals surface area contributed by atoms with E-state index in [1.807, 2.05) is 30.3 Å². The Morgan fingerprint density at radius 1 is 1.08 bits per heavy atom. The van der Waals surface area contributed by atoms with Crippen LogP contribution in [0.2, 0.25) is 5.02 Å². The largest absolute Gasteiger partial charge is 0.395 e. The zero-order valence-corrected chi connectivity index (χ0v) is 14.9. The Kier molecular flexibility index (Phi) is 9.42. The molecule has 0 unspecified atom stereocenters. The highest BCUT2D eigenvalue weighted by Gasteiger charge is 2.09. The van der Waals surface area contributed by atoms with E-state index < -0.39 is 0 Å². The highest BCUT2D eigenvalue weighted by molar-refractivity contribution is 6.30. The number of halogens is 2. The lowest BCUT2D eigenvalue weighted by Crippen LogP contribution is -2.30. The number of anilines is 1. The van der Waals surface area contributed by atoms with Crippen molar-refractivity contribution in [3.63, 3.8) is 0 Å². The normalized spacial score (nSPS) is 10.3. The Morgan fingerprint density at radius 3 is 2.50 bits per heavy atom. The van der Waals surface area contributed by atoms with Crippen LogP contribution >= 0.6 is 24.0 Å². The minimum atomic E-state index is -0.0664. The molecule has 0 radical (unpaired) electrons. The van der Waals surface area contributed by atoms with Crippen molar-refractivity contribution in [3.8, 4) is 0 Å². The third-order valence-corrected chi connectivity index (χ3v) is 3.66. The van der Waals surface area contributed by atoms with Gasteiger partial charge in [0.1, 0.15) is 0 Å². The van der Waals surface area contributed by atoms with Crippen LogP contribution in [0.25, 0.3) is 0 Å². The minimum Gasteiger partial charge on any atom is -0.395 e. The van der Waals surface area contributed by atoms with E-state index in [1.54, 1.807) is 24.3 Å². The lowest BCUT2D eigenvalue weighted by Gasteiger charge is -2.21. The van der Waals surface area contributed by atoms with Crippen LogP contribution in [-0.4, -0.2) is 35.6 Å². The van der Waals surface area contributed by atoms with Crippen molar-refractivity contribution in [2.75, 3.05) is 25.0 Å². The fourth-order valence-electron chi connectivity index (χ4n) is 2.30. The number of aliphatic hydroxyl groups is 1. The van der Waals surface area contributed by atoms with Gasteiger partial charge >= 0.3 is 0 Å². The summed E-state index contributed by atoms with van der Waals surface area (Å²) in [5.41, 5.74) is 1.86. The van der Waals surface area contributed by atoms with Gasteiger partial charge in [-0.05, 0) is 23.8 Å². The van der Waals surface area contributed by atoms with Gasteiger partial charge in [0.15, 0.2) is 0 Å². The third kappa shape index (κ3) is 7.32. The van der Waals surface area contributed by atoms with Crippen LogP contribution in [-0.2, 0) is 11.3 Å². The molecule has 24 heavy (non-hydrogen) atoms. The van der Waals surface area contributed by atoms with E-state index in [1.165, 1.54) is 0 Å². The number of hydrogen-bond acceptors (Lipinski definition) is 3. The van der Waals surface area contributed by atoms with Crippen LogP contribution in [0.3, 0.4) is 0 Å². The van der Waals surface area contributed by atoms with Crippen molar-refractivity contribution in [2.45, 2.75) is 13.0 Å². The van der Waals surface area contributed by atoms with Crippen molar-refractivity contribution in [1.82, 2.24) is 4.90 Å². The average molecular weight is 369 g/mol. The van der Waals surface area contributed by atoms with Gasteiger partial charge in [-0.2, -0.15) is 0 Å². The van der Waals surface area contributed by atoms with Crippen molar-refractivity contribution in [3.05, 3.63) is 65.2 Å². The van der Waals surface area contributed by atoms with Gasteiger partial charge in [-0.15, -0.1) is 12.4 Å². The Balaban J connectivity index is 0.00000288. The second-order valence-electron chi connectivity index (χ2n) is 5.29. The van der Waals surface area contributed by atoms with E-state index in [2.05, 4.69) is 10.2 Å². The summed E-state index contributed by atoms with van der Waals surface area (Å²) in [7, 11) is 0. The summed E-state index contributed by atoms with van der Waals surface area (Å²) in [6.45, 7) is 1.91. The molecular weight excluding hydrogens is 347 g/mol. The molecule has 2 aromatic carbocycles. The van der Waals surface area contributed by atoms with Crippen LogP contribution < -0.4 is 5.32 Å². The summed E-state index contributed by atoms with van der Waals surface area (Å²) in [6.07, 6.45) is 0.360. The number of carbonyl (C=O) groups excluding carboxylic acids is 1. The molecular formula is C18H22Cl2N2O2. The Bertz CT molecular complexity index is 623. The number of nitrogens with one attached hydrogen (secondary N) is 1. The fraction of sp³-hybridized carbons (Fsp3) is 0.278. The summed E-state index contributed by atoms with van der Waals surface area (Å²) in [6, 6.07) is 17.1. The molecule has 0 atom stereocenters. The molecule has 0 heterocycles. The fourth-order valence-corrected chi connectivity index (χ4v) is 2.49. The summed E-state index contributed by atoms with van der Waals surface area (Å²) in [4.78, 5) is 14.1. The van der Waals surface area contributed by atoms with Gasteiger partial charge in [0, 0.05) is 36.8 Å². The molecule has 2 rings (SSSR count). The summed E-state index contributed by atoms with van der Waals surface area (Å²) < 4.78 is 0. The second kappa shape index (κ2) is 11.0. The first-order valence-electron chi connectivity index (χ1n) is 7.60.